The first kappa shape index (κ1) is 17.7. The maximum atomic E-state index is 12.4. The molecule has 1 amide bonds. The maximum absolute atomic E-state index is 12.4. The zero-order valence-electron chi connectivity index (χ0n) is 13.9. The lowest BCUT2D eigenvalue weighted by atomic mass is 10.1. The molecule has 0 aromatic heterocycles. The number of aryl methyl sites for hydroxylation is 1. The quantitative estimate of drug-likeness (QED) is 0.754. The van der Waals surface area contributed by atoms with E-state index in [4.69, 9.17) is 0 Å². The van der Waals surface area contributed by atoms with E-state index in [1.165, 1.54) is 12.8 Å². The fourth-order valence-corrected chi connectivity index (χ4v) is 3.16. The van der Waals surface area contributed by atoms with Crippen LogP contribution in [0.2, 0.25) is 0 Å². The van der Waals surface area contributed by atoms with E-state index >= 15 is 0 Å². The first-order chi connectivity index (χ1) is 10.8. The molecule has 1 aliphatic carbocycles. The Labute approximate surface area is 138 Å². The lowest BCUT2D eigenvalue weighted by Crippen LogP contribution is -2.36. The average molecular weight is 339 g/mol. The molecule has 0 spiro atoms. The van der Waals surface area contributed by atoms with Gasteiger partial charge in [0, 0.05) is 19.1 Å². The number of amides is 1. The van der Waals surface area contributed by atoms with Crippen LogP contribution in [0, 0.1) is 6.92 Å². The van der Waals surface area contributed by atoms with Crippen LogP contribution < -0.4 is 10.0 Å². The monoisotopic (exact) mass is 339 g/mol. The van der Waals surface area contributed by atoms with Gasteiger partial charge in [0.05, 0.1) is 17.5 Å². The molecule has 7 heteroatoms. The summed E-state index contributed by atoms with van der Waals surface area (Å²) in [4.78, 5) is 14.7. The van der Waals surface area contributed by atoms with Gasteiger partial charge in [-0.05, 0) is 38.4 Å². The van der Waals surface area contributed by atoms with E-state index in [9.17, 15) is 13.2 Å². The molecule has 0 aliphatic heterocycles. The van der Waals surface area contributed by atoms with E-state index in [0.29, 0.717) is 23.8 Å². The number of sulfonamides is 1. The summed E-state index contributed by atoms with van der Waals surface area (Å²) in [6.07, 6.45) is 3.55. The lowest BCUT2D eigenvalue weighted by molar-refractivity contribution is 0.0948. The van der Waals surface area contributed by atoms with Gasteiger partial charge in [0.1, 0.15) is 0 Å². The minimum absolute atomic E-state index is 0.258. The SMILES string of the molecule is CCN(CCNC(=O)c1cc(C)ccc1NS(C)(=O)=O)C1CC1. The minimum Gasteiger partial charge on any atom is -0.351 e. The number of likely N-dealkylation sites (N-methyl/N-ethyl adjacent to an activating group) is 1. The van der Waals surface area contributed by atoms with Crippen molar-refractivity contribution in [2.24, 2.45) is 0 Å². The minimum atomic E-state index is -3.43. The third-order valence-corrected chi connectivity index (χ3v) is 4.46. The average Bonchev–Trinajstić information content (AvgIpc) is 3.28. The highest BCUT2D eigenvalue weighted by Crippen LogP contribution is 2.25. The smallest absolute Gasteiger partial charge is 0.253 e. The van der Waals surface area contributed by atoms with E-state index in [-0.39, 0.29) is 5.91 Å². The molecule has 0 saturated heterocycles. The number of anilines is 1. The van der Waals surface area contributed by atoms with Gasteiger partial charge in [0.25, 0.3) is 5.91 Å². The molecule has 0 heterocycles. The van der Waals surface area contributed by atoms with E-state index in [1.807, 2.05) is 6.92 Å². The standard InChI is InChI=1S/C16H25N3O3S/c1-4-19(13-6-7-13)10-9-17-16(20)14-11-12(2)5-8-15(14)18-23(3,21)22/h5,8,11,13,18H,4,6-7,9-10H2,1-3H3,(H,17,20). The fraction of sp³-hybridized carbons (Fsp3) is 0.562. The predicted octanol–water partition coefficient (Wildman–Crippen LogP) is 1.58. The van der Waals surface area contributed by atoms with Crippen LogP contribution in [0.1, 0.15) is 35.7 Å². The molecule has 128 valence electrons. The molecule has 0 unspecified atom stereocenters. The molecule has 6 nitrogen and oxygen atoms in total. The second-order valence-corrected chi connectivity index (χ2v) is 7.79. The van der Waals surface area contributed by atoms with Gasteiger partial charge >= 0.3 is 0 Å². The molecular formula is C16H25N3O3S. The number of benzene rings is 1. The van der Waals surface area contributed by atoms with Crippen molar-refractivity contribution in [1.82, 2.24) is 10.2 Å². The number of nitrogens with one attached hydrogen (secondary N) is 2. The Hall–Kier alpha value is -1.60. The van der Waals surface area contributed by atoms with E-state index < -0.39 is 10.0 Å². The van der Waals surface area contributed by atoms with Gasteiger partial charge in [0.2, 0.25) is 10.0 Å². The van der Waals surface area contributed by atoms with Gasteiger partial charge in [-0.15, -0.1) is 0 Å². The number of carbonyl (C=O) groups is 1. The van der Waals surface area contributed by atoms with Crippen molar-refractivity contribution >= 4 is 21.6 Å². The maximum Gasteiger partial charge on any atom is 0.253 e. The molecule has 23 heavy (non-hydrogen) atoms. The molecule has 2 rings (SSSR count). The third-order valence-electron chi connectivity index (χ3n) is 3.87. The Bertz CT molecular complexity index is 669. The van der Waals surface area contributed by atoms with Crippen molar-refractivity contribution in [3.05, 3.63) is 29.3 Å². The van der Waals surface area contributed by atoms with E-state index in [2.05, 4.69) is 21.9 Å². The molecule has 2 N–H and O–H groups in total. The fourth-order valence-electron chi connectivity index (χ4n) is 2.58. The van der Waals surface area contributed by atoms with Crippen LogP contribution in [0.4, 0.5) is 5.69 Å². The molecule has 0 radical (unpaired) electrons. The van der Waals surface area contributed by atoms with Crippen molar-refractivity contribution in [3.63, 3.8) is 0 Å². The molecule has 1 aromatic carbocycles. The van der Waals surface area contributed by atoms with Crippen LogP contribution in [0.3, 0.4) is 0 Å². The zero-order chi connectivity index (χ0) is 17.0. The van der Waals surface area contributed by atoms with Crippen molar-refractivity contribution in [2.45, 2.75) is 32.7 Å². The largest absolute Gasteiger partial charge is 0.351 e. The summed E-state index contributed by atoms with van der Waals surface area (Å²) in [5.41, 5.74) is 1.57. The Balaban J connectivity index is 2.01. The molecule has 1 aromatic rings. The van der Waals surface area contributed by atoms with Crippen LogP contribution in [0.25, 0.3) is 0 Å². The van der Waals surface area contributed by atoms with Gasteiger partial charge in [0.15, 0.2) is 0 Å². The summed E-state index contributed by atoms with van der Waals surface area (Å²) in [5.74, 6) is -0.258. The van der Waals surface area contributed by atoms with Crippen LogP contribution >= 0.6 is 0 Å². The third kappa shape index (κ3) is 5.51. The highest BCUT2D eigenvalue weighted by Gasteiger charge is 2.27. The van der Waals surface area contributed by atoms with Gasteiger partial charge in [-0.25, -0.2) is 8.42 Å². The summed E-state index contributed by atoms with van der Waals surface area (Å²) in [5, 5.41) is 2.88. The predicted molar refractivity (Wildman–Crippen MR) is 92.2 cm³/mol. The summed E-state index contributed by atoms with van der Waals surface area (Å²) in [7, 11) is -3.43. The van der Waals surface area contributed by atoms with Crippen LogP contribution in [0.5, 0.6) is 0 Å². The topological polar surface area (TPSA) is 78.5 Å². The summed E-state index contributed by atoms with van der Waals surface area (Å²) >= 11 is 0. The second-order valence-electron chi connectivity index (χ2n) is 6.04. The van der Waals surface area contributed by atoms with Gasteiger partial charge in [-0.3, -0.25) is 14.4 Å². The number of nitrogens with zero attached hydrogens (tertiary/aromatic N) is 1. The van der Waals surface area contributed by atoms with Gasteiger partial charge in [-0.2, -0.15) is 0 Å². The molecule has 1 saturated carbocycles. The Kier molecular flexibility index (Phi) is 5.64. The molecule has 0 atom stereocenters. The van der Waals surface area contributed by atoms with Crippen LogP contribution in [-0.2, 0) is 10.0 Å². The van der Waals surface area contributed by atoms with Crippen molar-refractivity contribution in [2.75, 3.05) is 30.6 Å². The highest BCUT2D eigenvalue weighted by molar-refractivity contribution is 7.92. The van der Waals surface area contributed by atoms with Gasteiger partial charge < -0.3 is 5.32 Å². The second kappa shape index (κ2) is 7.31. The summed E-state index contributed by atoms with van der Waals surface area (Å²) in [6.45, 7) is 6.33. The Morgan fingerprint density at radius 2 is 2.04 bits per heavy atom. The molecule has 1 aliphatic rings. The van der Waals surface area contributed by atoms with Gasteiger partial charge in [-0.1, -0.05) is 18.6 Å². The highest BCUT2D eigenvalue weighted by atomic mass is 32.2. The molecule has 1 fully saturated rings. The lowest BCUT2D eigenvalue weighted by Gasteiger charge is -2.20. The summed E-state index contributed by atoms with van der Waals surface area (Å²) in [6, 6.07) is 5.75. The number of hydrogen-bond acceptors (Lipinski definition) is 4. The summed E-state index contributed by atoms with van der Waals surface area (Å²) < 4.78 is 25.3. The van der Waals surface area contributed by atoms with Crippen molar-refractivity contribution in [1.29, 1.82) is 0 Å². The number of hydrogen-bond donors (Lipinski definition) is 2. The Morgan fingerprint density at radius 3 is 2.61 bits per heavy atom. The first-order valence-electron chi connectivity index (χ1n) is 7.91. The van der Waals surface area contributed by atoms with Crippen LogP contribution in [-0.4, -0.2) is 51.2 Å². The van der Waals surface area contributed by atoms with Crippen molar-refractivity contribution in [3.8, 4) is 0 Å². The molecule has 0 bridgehead atoms. The number of carbonyl (C=O) groups excluding carboxylic acids is 1. The van der Waals surface area contributed by atoms with Crippen LogP contribution in [0.15, 0.2) is 18.2 Å². The first-order valence-corrected chi connectivity index (χ1v) is 9.80. The van der Waals surface area contributed by atoms with E-state index in [1.54, 1.807) is 18.2 Å². The van der Waals surface area contributed by atoms with Crippen molar-refractivity contribution < 1.29 is 13.2 Å². The zero-order valence-corrected chi connectivity index (χ0v) is 14.7. The Morgan fingerprint density at radius 1 is 1.35 bits per heavy atom. The van der Waals surface area contributed by atoms with E-state index in [0.717, 1.165) is 24.9 Å². The normalized spacial score (nSPS) is 14.8. The molecular weight excluding hydrogens is 314 g/mol. The number of rotatable bonds is 8.